The van der Waals surface area contributed by atoms with E-state index >= 15 is 0 Å². The number of hydrogen-bond donors (Lipinski definition) is 4. The maximum absolute atomic E-state index is 12.9. The van der Waals surface area contributed by atoms with E-state index in [1.54, 1.807) is 0 Å². The molecule has 392 valence electrons. The highest BCUT2D eigenvalue weighted by molar-refractivity contribution is 5.69. The first kappa shape index (κ1) is 63.2. The third kappa shape index (κ3) is 39.6. The van der Waals surface area contributed by atoms with Crippen molar-refractivity contribution >= 4 is 5.97 Å². The summed E-state index contributed by atoms with van der Waals surface area (Å²) in [6.45, 7) is 4.49. The lowest BCUT2D eigenvalue weighted by atomic mass is 9.99. The summed E-state index contributed by atoms with van der Waals surface area (Å²) in [5.41, 5.74) is 0. The average molecular weight is 947 g/mol. The summed E-state index contributed by atoms with van der Waals surface area (Å²) in [6.07, 6.45) is 55.8. The molecule has 1 heterocycles. The molecule has 1 aliphatic rings. The molecular formula is C58H106O9. The van der Waals surface area contributed by atoms with E-state index in [0.29, 0.717) is 13.0 Å². The Morgan fingerprint density at radius 3 is 1.37 bits per heavy atom. The molecule has 4 N–H and O–H groups in total. The first-order chi connectivity index (χ1) is 32.9. The molecule has 6 unspecified atom stereocenters. The smallest absolute Gasteiger partial charge is 0.306 e. The van der Waals surface area contributed by atoms with E-state index in [4.69, 9.17) is 18.9 Å². The SMILES string of the molecule is CC/C=C\C/C=C\C/C=C\C/C=C\CCCCCCCCCCCCCCC(=O)OC(COCCCCCCCCCCCCCCCCCCCCC)COC1OC(CO)C(O)C(O)C1O. The van der Waals surface area contributed by atoms with E-state index in [-0.39, 0.29) is 19.2 Å². The van der Waals surface area contributed by atoms with Crippen LogP contribution in [0.5, 0.6) is 0 Å². The van der Waals surface area contributed by atoms with Crippen LogP contribution in [0, 0.1) is 0 Å². The Morgan fingerprint density at radius 2 is 0.910 bits per heavy atom. The molecule has 0 saturated carbocycles. The van der Waals surface area contributed by atoms with Crippen LogP contribution in [-0.4, -0.2) is 89.6 Å². The standard InChI is InChI=1S/C58H106O9/c1-3-5-7-9-11-13-15-17-19-21-23-24-25-26-27-28-29-31-33-35-37-39-41-43-45-47-54(60)66-52(51-65-58-57(63)56(62)55(61)53(49-59)67-58)50-64-48-46-44-42-40-38-36-34-32-30-22-20-18-16-14-12-10-8-6-4-2/h5,7,11,13,17,19,23-24,52-53,55-59,61-63H,3-4,6,8-10,12,14-16,18,20-22,25-51H2,1-2H3/b7-5-,13-11-,19-17-,24-23-. The van der Waals surface area contributed by atoms with Gasteiger partial charge in [-0.15, -0.1) is 0 Å². The van der Waals surface area contributed by atoms with Crippen molar-refractivity contribution in [3.8, 4) is 0 Å². The Bertz CT molecular complexity index is 1170. The molecule has 0 radical (unpaired) electrons. The van der Waals surface area contributed by atoms with Gasteiger partial charge in [0.05, 0.1) is 19.8 Å². The largest absolute Gasteiger partial charge is 0.457 e. The Morgan fingerprint density at radius 1 is 0.493 bits per heavy atom. The predicted molar refractivity (Wildman–Crippen MR) is 279 cm³/mol. The maximum atomic E-state index is 12.9. The average Bonchev–Trinajstić information content (AvgIpc) is 3.33. The van der Waals surface area contributed by atoms with Crippen LogP contribution in [0.1, 0.15) is 251 Å². The van der Waals surface area contributed by atoms with E-state index in [9.17, 15) is 25.2 Å². The number of carbonyl (C=O) groups is 1. The van der Waals surface area contributed by atoms with Crippen molar-refractivity contribution in [2.24, 2.45) is 0 Å². The fraction of sp³-hybridized carbons (Fsp3) is 0.845. The molecule has 0 aromatic heterocycles. The molecule has 6 atom stereocenters. The molecule has 0 amide bonds. The molecule has 1 saturated heterocycles. The van der Waals surface area contributed by atoms with Gasteiger partial charge in [-0.2, -0.15) is 0 Å². The van der Waals surface area contributed by atoms with Crippen LogP contribution in [0.25, 0.3) is 0 Å². The van der Waals surface area contributed by atoms with Gasteiger partial charge in [-0.25, -0.2) is 0 Å². The summed E-state index contributed by atoms with van der Waals surface area (Å²) < 4.78 is 23.0. The first-order valence-corrected chi connectivity index (χ1v) is 28.2. The third-order valence-corrected chi connectivity index (χ3v) is 13.0. The van der Waals surface area contributed by atoms with Gasteiger partial charge in [0.15, 0.2) is 6.29 Å². The lowest BCUT2D eigenvalue weighted by molar-refractivity contribution is -0.305. The highest BCUT2D eigenvalue weighted by Gasteiger charge is 2.44. The van der Waals surface area contributed by atoms with Crippen molar-refractivity contribution < 1.29 is 44.2 Å². The molecule has 0 bridgehead atoms. The van der Waals surface area contributed by atoms with Crippen LogP contribution in [0.15, 0.2) is 48.6 Å². The molecule has 1 aliphatic heterocycles. The van der Waals surface area contributed by atoms with Crippen LogP contribution in [0.4, 0.5) is 0 Å². The number of unbranched alkanes of at least 4 members (excludes halogenated alkanes) is 30. The molecule has 9 heteroatoms. The topological polar surface area (TPSA) is 135 Å². The second-order valence-corrected chi connectivity index (χ2v) is 19.4. The highest BCUT2D eigenvalue weighted by Crippen LogP contribution is 2.23. The molecule has 1 rings (SSSR count). The molecule has 0 spiro atoms. The summed E-state index contributed by atoms with van der Waals surface area (Å²) >= 11 is 0. The normalized spacial score (nSPS) is 19.5. The highest BCUT2D eigenvalue weighted by atomic mass is 16.7. The van der Waals surface area contributed by atoms with Gasteiger partial charge in [0.25, 0.3) is 0 Å². The zero-order valence-corrected chi connectivity index (χ0v) is 43.4. The van der Waals surface area contributed by atoms with Crippen molar-refractivity contribution in [2.75, 3.05) is 26.4 Å². The second-order valence-electron chi connectivity index (χ2n) is 19.4. The quantitative estimate of drug-likeness (QED) is 0.0267. The number of carbonyl (C=O) groups excluding carboxylic acids is 1. The van der Waals surface area contributed by atoms with Crippen molar-refractivity contribution in [1.29, 1.82) is 0 Å². The molecule has 0 aliphatic carbocycles. The van der Waals surface area contributed by atoms with E-state index in [2.05, 4.69) is 62.5 Å². The zero-order valence-electron chi connectivity index (χ0n) is 43.4. The number of allylic oxidation sites excluding steroid dienone is 8. The number of aliphatic hydroxyl groups excluding tert-OH is 4. The molecular weight excluding hydrogens is 841 g/mol. The van der Waals surface area contributed by atoms with Crippen LogP contribution in [0.2, 0.25) is 0 Å². The minimum Gasteiger partial charge on any atom is -0.457 e. The summed E-state index contributed by atoms with van der Waals surface area (Å²) in [5.74, 6) is -0.312. The maximum Gasteiger partial charge on any atom is 0.306 e. The Kier molecular flexibility index (Phi) is 46.3. The van der Waals surface area contributed by atoms with Gasteiger partial charge in [-0.3, -0.25) is 4.79 Å². The van der Waals surface area contributed by atoms with Crippen molar-refractivity contribution in [1.82, 2.24) is 0 Å². The van der Waals surface area contributed by atoms with E-state index in [1.807, 2.05) is 0 Å². The Labute approximate surface area is 412 Å². The van der Waals surface area contributed by atoms with Gasteiger partial charge in [0.1, 0.15) is 30.5 Å². The van der Waals surface area contributed by atoms with Crippen LogP contribution in [-0.2, 0) is 23.7 Å². The monoisotopic (exact) mass is 947 g/mol. The number of aliphatic hydroxyl groups is 4. The van der Waals surface area contributed by atoms with Crippen LogP contribution in [0.3, 0.4) is 0 Å². The zero-order chi connectivity index (χ0) is 48.5. The predicted octanol–water partition coefficient (Wildman–Crippen LogP) is 14.4. The van der Waals surface area contributed by atoms with Crippen LogP contribution >= 0.6 is 0 Å². The van der Waals surface area contributed by atoms with E-state index < -0.39 is 43.4 Å². The first-order valence-electron chi connectivity index (χ1n) is 28.2. The Balaban J connectivity index is 2.15. The molecule has 0 aromatic rings. The fourth-order valence-electron chi connectivity index (χ4n) is 8.66. The van der Waals surface area contributed by atoms with Crippen molar-refractivity contribution in [3.05, 3.63) is 48.6 Å². The summed E-state index contributed by atoms with van der Waals surface area (Å²) in [4.78, 5) is 12.9. The minimum atomic E-state index is -1.54. The molecule has 1 fully saturated rings. The summed E-state index contributed by atoms with van der Waals surface area (Å²) in [5, 5.41) is 40.3. The number of hydrogen-bond acceptors (Lipinski definition) is 9. The molecule has 9 nitrogen and oxygen atoms in total. The fourth-order valence-corrected chi connectivity index (χ4v) is 8.66. The summed E-state index contributed by atoms with van der Waals surface area (Å²) in [6, 6.07) is 0. The third-order valence-electron chi connectivity index (χ3n) is 13.0. The van der Waals surface area contributed by atoms with Gasteiger partial charge in [0.2, 0.25) is 0 Å². The van der Waals surface area contributed by atoms with E-state index in [0.717, 1.165) is 57.8 Å². The second kappa shape index (κ2) is 49.1. The van der Waals surface area contributed by atoms with E-state index in [1.165, 1.54) is 173 Å². The minimum absolute atomic E-state index is 0.111. The Hall–Kier alpha value is -1.85. The van der Waals surface area contributed by atoms with Gasteiger partial charge in [-0.1, -0.05) is 242 Å². The lowest BCUT2D eigenvalue weighted by Crippen LogP contribution is -2.59. The number of rotatable bonds is 49. The van der Waals surface area contributed by atoms with Gasteiger partial charge >= 0.3 is 5.97 Å². The van der Waals surface area contributed by atoms with Crippen molar-refractivity contribution in [3.63, 3.8) is 0 Å². The number of ether oxygens (including phenoxy) is 4. The van der Waals surface area contributed by atoms with Gasteiger partial charge in [-0.05, 0) is 51.4 Å². The van der Waals surface area contributed by atoms with Gasteiger partial charge < -0.3 is 39.4 Å². The molecule has 67 heavy (non-hydrogen) atoms. The summed E-state index contributed by atoms with van der Waals surface area (Å²) in [7, 11) is 0. The molecule has 0 aromatic carbocycles. The van der Waals surface area contributed by atoms with Crippen LogP contribution < -0.4 is 0 Å². The van der Waals surface area contributed by atoms with Crippen molar-refractivity contribution in [2.45, 2.75) is 288 Å². The van der Waals surface area contributed by atoms with Gasteiger partial charge in [0, 0.05) is 13.0 Å². The number of esters is 1. The lowest BCUT2D eigenvalue weighted by Gasteiger charge is -2.39.